The third-order valence-corrected chi connectivity index (χ3v) is 0. The monoisotopic (exact) mass is 146 g/mol. The first kappa shape index (κ1) is 10.7. The summed E-state index contributed by atoms with van der Waals surface area (Å²) in [7, 11) is -5.17. The van der Waals surface area contributed by atoms with Gasteiger partial charge in [0.25, 0.3) is 0 Å². The van der Waals surface area contributed by atoms with Crippen LogP contribution in [0.3, 0.4) is 0 Å². The molecule has 0 aliphatic carbocycles. The summed E-state index contributed by atoms with van der Waals surface area (Å²) in [4.78, 5) is 0. The minimum absolute atomic E-state index is 0.250. The van der Waals surface area contributed by atoms with Gasteiger partial charge < -0.3 is 5.11 Å². The van der Waals surface area contributed by atoms with Crippen LogP contribution in [-0.4, -0.2) is 24.7 Å². The van der Waals surface area contributed by atoms with E-state index in [2.05, 4.69) is 0 Å². The second-order valence-electron chi connectivity index (χ2n) is 0.728. The molecule has 0 spiro atoms. The third kappa shape index (κ3) is 3340. The van der Waals surface area contributed by atoms with Crippen LogP contribution in [0.2, 0.25) is 0 Å². The van der Waals surface area contributed by atoms with E-state index in [0.717, 1.165) is 0 Å². The maximum atomic E-state index is 10.2. The average Bonchev–Trinajstić information content (AvgIpc) is 1.27. The molecule has 4 nitrogen and oxygen atoms in total. The number of aliphatic hydroxyl groups is 1. The van der Waals surface area contributed by atoms with Gasteiger partial charge in [-0.1, -0.05) is 3.89 Å². The molecule has 0 bridgehead atoms. The van der Waals surface area contributed by atoms with E-state index in [4.69, 9.17) is 18.1 Å². The van der Waals surface area contributed by atoms with Gasteiger partial charge in [-0.25, -0.2) is 0 Å². The molecule has 0 fully saturated rings. The van der Waals surface area contributed by atoms with E-state index in [1.807, 2.05) is 0 Å². The molecule has 0 aromatic carbocycles. The lowest BCUT2D eigenvalue weighted by molar-refractivity contribution is 0.318. The summed E-state index contributed by atoms with van der Waals surface area (Å²) >= 11 is 0. The minimum Gasteiger partial charge on any atom is -0.397 e. The molecular formula is C2H7FO4S. The van der Waals surface area contributed by atoms with Gasteiger partial charge in [-0.3, -0.25) is 4.55 Å². The number of aliphatic hydroxyl groups excluding tert-OH is 1. The SMILES string of the molecule is CCO.O=S(=O)(O)F. The molecule has 52 valence electrons. The second kappa shape index (κ2) is 4.95. The maximum absolute atomic E-state index is 10.2. The molecule has 0 aromatic rings. The highest BCUT2D eigenvalue weighted by atomic mass is 32.3. The first-order valence-electron chi connectivity index (χ1n) is 1.69. The highest BCUT2D eigenvalue weighted by Gasteiger charge is 1.89. The van der Waals surface area contributed by atoms with Crippen LogP contribution in [0, 0.1) is 0 Å². The summed E-state index contributed by atoms with van der Waals surface area (Å²) in [6.45, 7) is 1.93. The van der Waals surface area contributed by atoms with Gasteiger partial charge in [0.1, 0.15) is 0 Å². The van der Waals surface area contributed by atoms with E-state index in [1.165, 1.54) is 0 Å². The average molecular weight is 146 g/mol. The lowest BCUT2D eigenvalue weighted by Crippen LogP contribution is -1.80. The van der Waals surface area contributed by atoms with Gasteiger partial charge >= 0.3 is 10.5 Å². The van der Waals surface area contributed by atoms with Crippen molar-refractivity contribution in [3.63, 3.8) is 0 Å². The van der Waals surface area contributed by atoms with Gasteiger partial charge in [0.05, 0.1) is 0 Å². The van der Waals surface area contributed by atoms with E-state index in [0.29, 0.717) is 0 Å². The Kier molecular flexibility index (Phi) is 6.63. The molecule has 0 aromatic heterocycles. The lowest BCUT2D eigenvalue weighted by Gasteiger charge is -1.63. The quantitative estimate of drug-likeness (QED) is 0.365. The largest absolute Gasteiger partial charge is 0.435 e. The smallest absolute Gasteiger partial charge is 0.397 e. The van der Waals surface area contributed by atoms with E-state index < -0.39 is 10.5 Å². The fourth-order valence-corrected chi connectivity index (χ4v) is 0. The van der Waals surface area contributed by atoms with Crippen LogP contribution in [0.1, 0.15) is 6.92 Å². The predicted molar refractivity (Wildman–Crippen MR) is 25.4 cm³/mol. The molecule has 0 aliphatic heterocycles. The fourth-order valence-electron chi connectivity index (χ4n) is 0. The Morgan fingerprint density at radius 1 is 1.62 bits per heavy atom. The molecule has 6 heteroatoms. The molecule has 0 saturated carbocycles. The Morgan fingerprint density at radius 2 is 1.62 bits per heavy atom. The minimum atomic E-state index is -5.17. The summed E-state index contributed by atoms with van der Waals surface area (Å²) in [5, 5.41) is 7.57. The van der Waals surface area contributed by atoms with Crippen LogP contribution >= 0.6 is 0 Å². The topological polar surface area (TPSA) is 74.6 Å². The van der Waals surface area contributed by atoms with Gasteiger partial charge in [0.15, 0.2) is 0 Å². The Morgan fingerprint density at radius 3 is 1.62 bits per heavy atom. The number of hydrogen-bond acceptors (Lipinski definition) is 3. The summed E-state index contributed by atoms with van der Waals surface area (Å²) in [5.41, 5.74) is 0. The van der Waals surface area contributed by atoms with Crippen LogP contribution in [0.15, 0.2) is 0 Å². The van der Waals surface area contributed by atoms with Crippen molar-refractivity contribution in [3.8, 4) is 0 Å². The van der Waals surface area contributed by atoms with Crippen molar-refractivity contribution in [3.05, 3.63) is 0 Å². The zero-order chi connectivity index (χ0) is 7.21. The predicted octanol–water partition coefficient (Wildman–Crippen LogP) is -0.243. The van der Waals surface area contributed by atoms with E-state index in [9.17, 15) is 3.89 Å². The van der Waals surface area contributed by atoms with Crippen molar-refractivity contribution >= 4 is 10.5 Å². The summed E-state index contributed by atoms with van der Waals surface area (Å²) in [5.74, 6) is 0. The number of hydrogen-bond donors (Lipinski definition) is 2. The Hall–Kier alpha value is -0.200. The Labute approximate surface area is 47.0 Å². The molecule has 8 heavy (non-hydrogen) atoms. The van der Waals surface area contributed by atoms with Crippen molar-refractivity contribution in [1.29, 1.82) is 0 Å². The van der Waals surface area contributed by atoms with Crippen molar-refractivity contribution in [2.45, 2.75) is 6.92 Å². The highest BCUT2D eigenvalue weighted by Crippen LogP contribution is 1.74. The molecule has 2 N–H and O–H groups in total. The van der Waals surface area contributed by atoms with Gasteiger partial charge in [-0.05, 0) is 6.92 Å². The van der Waals surface area contributed by atoms with E-state index in [1.54, 1.807) is 6.92 Å². The van der Waals surface area contributed by atoms with Crippen molar-refractivity contribution in [1.82, 2.24) is 0 Å². The van der Waals surface area contributed by atoms with Crippen LogP contribution in [0.5, 0.6) is 0 Å². The fraction of sp³-hybridized carbons (Fsp3) is 1.00. The summed E-state index contributed by atoms with van der Waals surface area (Å²) in [6, 6.07) is 0. The summed E-state index contributed by atoms with van der Waals surface area (Å²) in [6.07, 6.45) is 0. The van der Waals surface area contributed by atoms with Crippen LogP contribution in [0.4, 0.5) is 3.89 Å². The van der Waals surface area contributed by atoms with Crippen LogP contribution in [0.25, 0.3) is 0 Å². The molecule has 0 radical (unpaired) electrons. The summed E-state index contributed by atoms with van der Waals surface area (Å²) < 4.78 is 34.1. The van der Waals surface area contributed by atoms with Gasteiger partial charge in [0, 0.05) is 6.61 Å². The maximum Gasteiger partial charge on any atom is 0.435 e. The van der Waals surface area contributed by atoms with E-state index in [-0.39, 0.29) is 6.61 Å². The van der Waals surface area contributed by atoms with Gasteiger partial charge in [0.2, 0.25) is 0 Å². The first-order chi connectivity index (χ1) is 3.41. The molecule has 0 atom stereocenters. The third-order valence-electron chi connectivity index (χ3n) is 0. The zero-order valence-electron chi connectivity index (χ0n) is 4.20. The van der Waals surface area contributed by atoms with Crippen molar-refractivity contribution < 1.29 is 22.0 Å². The molecule has 0 rings (SSSR count). The highest BCUT2D eigenvalue weighted by molar-refractivity contribution is 7.80. The Bertz CT molecular complexity index is 108. The molecule has 0 saturated heterocycles. The Balaban J connectivity index is 0. The molecule has 0 unspecified atom stereocenters. The van der Waals surface area contributed by atoms with Gasteiger partial charge in [-0.15, -0.1) is 0 Å². The molecule has 0 amide bonds. The standard InChI is InChI=1S/C2H6O.FHO3S/c1-2-3;1-5(2,3)4/h3H,2H2,1H3;(H,2,3,4). The van der Waals surface area contributed by atoms with E-state index >= 15 is 0 Å². The van der Waals surface area contributed by atoms with Gasteiger partial charge in [-0.2, -0.15) is 8.42 Å². The second-order valence-corrected chi connectivity index (χ2v) is 1.55. The molecule has 0 heterocycles. The lowest BCUT2D eigenvalue weighted by atomic mass is 10.9. The zero-order valence-corrected chi connectivity index (χ0v) is 5.02. The molecule has 0 aliphatic rings. The normalized spacial score (nSPS) is 9.50. The van der Waals surface area contributed by atoms with Crippen molar-refractivity contribution in [2.24, 2.45) is 0 Å². The number of rotatable bonds is 0. The van der Waals surface area contributed by atoms with Crippen LogP contribution < -0.4 is 0 Å². The first-order valence-corrected chi connectivity index (χ1v) is 3.03. The molecular weight excluding hydrogens is 139 g/mol. The van der Waals surface area contributed by atoms with Crippen molar-refractivity contribution in [2.75, 3.05) is 6.61 Å². The number of halogens is 1. The van der Waals surface area contributed by atoms with Crippen LogP contribution in [-0.2, 0) is 10.5 Å².